The summed E-state index contributed by atoms with van der Waals surface area (Å²) in [5, 5.41) is 3.57. The van der Waals surface area contributed by atoms with E-state index in [1.54, 1.807) is 0 Å². The lowest BCUT2D eigenvalue weighted by Gasteiger charge is -2.32. The van der Waals surface area contributed by atoms with E-state index in [1.807, 2.05) is 6.92 Å². The van der Waals surface area contributed by atoms with E-state index in [4.69, 9.17) is 5.73 Å². The topological polar surface area (TPSA) is 38.0 Å². The molecule has 0 aliphatic rings. The molecule has 0 saturated heterocycles. The Morgan fingerprint density at radius 1 is 1.33 bits per heavy atom. The van der Waals surface area contributed by atoms with Crippen LogP contribution in [0.1, 0.15) is 52.9 Å². The molecule has 1 unspecified atom stereocenters. The van der Waals surface area contributed by atoms with E-state index in [9.17, 15) is 0 Å². The van der Waals surface area contributed by atoms with E-state index in [1.165, 1.54) is 19.3 Å². The van der Waals surface area contributed by atoms with Gasteiger partial charge < -0.3 is 11.1 Å². The van der Waals surface area contributed by atoms with Crippen LogP contribution >= 0.6 is 0 Å². The zero-order valence-corrected chi connectivity index (χ0v) is 10.5. The van der Waals surface area contributed by atoms with Crippen molar-refractivity contribution in [3.63, 3.8) is 0 Å². The van der Waals surface area contributed by atoms with Crippen LogP contribution in [-0.4, -0.2) is 18.6 Å². The lowest BCUT2D eigenvalue weighted by atomic mass is 9.89. The highest BCUT2D eigenvalue weighted by Crippen LogP contribution is 2.17. The molecular weight excluding hydrogens is 184 g/mol. The number of hydrogen-bond donors (Lipinski definition) is 2. The van der Waals surface area contributed by atoms with Crippen LogP contribution in [-0.2, 0) is 0 Å². The number of nitrogens with two attached hydrogens (primary N) is 1. The Morgan fingerprint density at radius 2 is 2.07 bits per heavy atom. The maximum atomic E-state index is 5.88. The summed E-state index contributed by atoms with van der Waals surface area (Å²) in [6, 6.07) is 0. The van der Waals surface area contributed by atoms with E-state index < -0.39 is 0 Å². The van der Waals surface area contributed by atoms with Gasteiger partial charge in [0.15, 0.2) is 0 Å². The number of rotatable bonds is 8. The highest BCUT2D eigenvalue weighted by Gasteiger charge is 2.24. The average molecular weight is 210 g/mol. The molecule has 0 spiro atoms. The van der Waals surface area contributed by atoms with Crippen molar-refractivity contribution in [3.8, 4) is 11.8 Å². The Hall–Kier alpha value is -0.520. The molecule has 0 rings (SSSR count). The normalized spacial score (nSPS) is 14.1. The van der Waals surface area contributed by atoms with Gasteiger partial charge in [-0.2, -0.15) is 0 Å². The third-order valence-electron chi connectivity index (χ3n) is 3.00. The molecule has 0 aromatic rings. The van der Waals surface area contributed by atoms with Crippen molar-refractivity contribution in [2.45, 2.75) is 58.4 Å². The second-order valence-corrected chi connectivity index (χ2v) is 4.05. The maximum absolute atomic E-state index is 5.88. The molecule has 0 heterocycles. The van der Waals surface area contributed by atoms with Gasteiger partial charge in [0.05, 0.1) is 0 Å². The van der Waals surface area contributed by atoms with Crippen LogP contribution in [0.25, 0.3) is 0 Å². The minimum atomic E-state index is 0.144. The minimum absolute atomic E-state index is 0.144. The fourth-order valence-corrected chi connectivity index (χ4v) is 1.74. The van der Waals surface area contributed by atoms with Crippen LogP contribution in [0.3, 0.4) is 0 Å². The molecule has 2 nitrogen and oxygen atoms in total. The van der Waals surface area contributed by atoms with Gasteiger partial charge in [-0.1, -0.05) is 26.7 Å². The third kappa shape index (κ3) is 5.81. The molecule has 1 atom stereocenters. The summed E-state index contributed by atoms with van der Waals surface area (Å²) in [6.45, 7) is 7.99. The molecule has 0 aromatic carbocycles. The van der Waals surface area contributed by atoms with Gasteiger partial charge in [-0.15, -0.1) is 11.8 Å². The Morgan fingerprint density at radius 3 is 2.53 bits per heavy atom. The second kappa shape index (κ2) is 8.76. The summed E-state index contributed by atoms with van der Waals surface area (Å²) in [5.41, 5.74) is 6.02. The molecular formula is C13H26N2. The Bertz CT molecular complexity index is 196. The SMILES string of the molecule is CC#CCCNC(CC)(CN)CCCC. The van der Waals surface area contributed by atoms with Gasteiger partial charge in [0.1, 0.15) is 0 Å². The summed E-state index contributed by atoms with van der Waals surface area (Å²) < 4.78 is 0. The largest absolute Gasteiger partial charge is 0.329 e. The fourth-order valence-electron chi connectivity index (χ4n) is 1.74. The zero-order valence-electron chi connectivity index (χ0n) is 10.5. The number of unbranched alkanes of at least 4 members (excludes halogenated alkanes) is 1. The molecule has 2 heteroatoms. The van der Waals surface area contributed by atoms with Gasteiger partial charge in [-0.05, 0) is 19.8 Å². The molecule has 15 heavy (non-hydrogen) atoms. The van der Waals surface area contributed by atoms with Gasteiger partial charge >= 0.3 is 0 Å². The van der Waals surface area contributed by atoms with E-state index in [-0.39, 0.29) is 5.54 Å². The van der Waals surface area contributed by atoms with Crippen molar-refractivity contribution in [2.75, 3.05) is 13.1 Å². The monoisotopic (exact) mass is 210 g/mol. The lowest BCUT2D eigenvalue weighted by Crippen LogP contribution is -2.51. The lowest BCUT2D eigenvalue weighted by molar-refractivity contribution is 0.294. The van der Waals surface area contributed by atoms with Crippen molar-refractivity contribution < 1.29 is 0 Å². The van der Waals surface area contributed by atoms with Gasteiger partial charge in [0.2, 0.25) is 0 Å². The number of nitrogens with one attached hydrogen (secondary N) is 1. The first kappa shape index (κ1) is 14.5. The Balaban J connectivity index is 4.02. The molecule has 88 valence electrons. The van der Waals surface area contributed by atoms with Crippen LogP contribution in [0.2, 0.25) is 0 Å². The van der Waals surface area contributed by atoms with Gasteiger partial charge in [0, 0.05) is 25.0 Å². The summed E-state index contributed by atoms with van der Waals surface area (Å²) in [5.74, 6) is 5.98. The Labute approximate surface area is 95.0 Å². The van der Waals surface area contributed by atoms with Crippen molar-refractivity contribution in [3.05, 3.63) is 0 Å². The molecule has 0 aromatic heterocycles. The summed E-state index contributed by atoms with van der Waals surface area (Å²) in [7, 11) is 0. The number of hydrogen-bond acceptors (Lipinski definition) is 2. The van der Waals surface area contributed by atoms with Crippen molar-refractivity contribution >= 4 is 0 Å². The third-order valence-corrected chi connectivity index (χ3v) is 3.00. The molecule has 0 radical (unpaired) electrons. The predicted octanol–water partition coefficient (Wildman–Crippen LogP) is 2.29. The van der Waals surface area contributed by atoms with Crippen LogP contribution in [0.15, 0.2) is 0 Å². The Kier molecular flexibility index (Phi) is 8.46. The minimum Gasteiger partial charge on any atom is -0.329 e. The van der Waals surface area contributed by atoms with E-state index in [2.05, 4.69) is 31.0 Å². The zero-order chi connectivity index (χ0) is 11.6. The van der Waals surface area contributed by atoms with E-state index in [0.29, 0.717) is 0 Å². The predicted molar refractivity (Wildman–Crippen MR) is 67.7 cm³/mol. The van der Waals surface area contributed by atoms with Crippen molar-refractivity contribution in [1.82, 2.24) is 5.32 Å². The maximum Gasteiger partial charge on any atom is 0.0301 e. The summed E-state index contributed by atoms with van der Waals surface area (Å²) in [6.07, 6.45) is 5.68. The molecule has 0 aliphatic heterocycles. The van der Waals surface area contributed by atoms with Gasteiger partial charge in [-0.3, -0.25) is 0 Å². The van der Waals surface area contributed by atoms with E-state index in [0.717, 1.165) is 25.9 Å². The van der Waals surface area contributed by atoms with Gasteiger partial charge in [-0.25, -0.2) is 0 Å². The van der Waals surface area contributed by atoms with Crippen molar-refractivity contribution in [2.24, 2.45) is 5.73 Å². The fraction of sp³-hybridized carbons (Fsp3) is 0.846. The smallest absolute Gasteiger partial charge is 0.0301 e. The molecule has 0 aliphatic carbocycles. The van der Waals surface area contributed by atoms with E-state index >= 15 is 0 Å². The summed E-state index contributed by atoms with van der Waals surface area (Å²) in [4.78, 5) is 0. The molecule has 0 fully saturated rings. The average Bonchev–Trinajstić information content (AvgIpc) is 2.29. The molecule has 0 saturated carbocycles. The highest BCUT2D eigenvalue weighted by atomic mass is 15.0. The van der Waals surface area contributed by atoms with Gasteiger partial charge in [0.25, 0.3) is 0 Å². The summed E-state index contributed by atoms with van der Waals surface area (Å²) >= 11 is 0. The quantitative estimate of drug-likeness (QED) is 0.476. The molecule has 0 bridgehead atoms. The first-order valence-corrected chi connectivity index (χ1v) is 6.09. The first-order valence-electron chi connectivity index (χ1n) is 6.09. The highest BCUT2D eigenvalue weighted by molar-refractivity contribution is 4.96. The van der Waals surface area contributed by atoms with Crippen LogP contribution < -0.4 is 11.1 Å². The second-order valence-electron chi connectivity index (χ2n) is 4.05. The molecule has 3 N–H and O–H groups in total. The van der Waals surface area contributed by atoms with Crippen LogP contribution in [0, 0.1) is 11.8 Å². The molecule has 0 amide bonds. The van der Waals surface area contributed by atoms with Crippen LogP contribution in [0.5, 0.6) is 0 Å². The standard InChI is InChI=1S/C13H26N2/c1-4-7-9-11-15-13(6-3,12-14)10-8-5-2/h15H,5-6,8-12,14H2,1-3H3. The first-order chi connectivity index (χ1) is 7.24. The van der Waals surface area contributed by atoms with Crippen LogP contribution in [0.4, 0.5) is 0 Å². The van der Waals surface area contributed by atoms with Crippen molar-refractivity contribution in [1.29, 1.82) is 0 Å².